The van der Waals surface area contributed by atoms with Crippen molar-refractivity contribution in [3.63, 3.8) is 0 Å². The number of hydrogen-bond donors (Lipinski definition) is 2. The van der Waals surface area contributed by atoms with Crippen LogP contribution in [0.1, 0.15) is 31.9 Å². The lowest BCUT2D eigenvalue weighted by atomic mass is 10.1. The first-order chi connectivity index (χ1) is 9.67. The minimum absolute atomic E-state index is 0.164. The SMILES string of the molecule is CCOC(C)(C)CNS(=O)(=O)Cc1ccccc1C(N)=S. The summed E-state index contributed by atoms with van der Waals surface area (Å²) >= 11 is 4.94. The molecule has 0 aromatic heterocycles. The van der Waals surface area contributed by atoms with Crippen LogP contribution in [0.5, 0.6) is 0 Å². The highest BCUT2D eigenvalue weighted by molar-refractivity contribution is 7.88. The van der Waals surface area contributed by atoms with Gasteiger partial charge in [-0.25, -0.2) is 13.1 Å². The van der Waals surface area contributed by atoms with Crippen molar-refractivity contribution in [1.29, 1.82) is 0 Å². The summed E-state index contributed by atoms with van der Waals surface area (Å²) in [4.78, 5) is 0.190. The van der Waals surface area contributed by atoms with E-state index in [0.29, 0.717) is 17.7 Å². The van der Waals surface area contributed by atoms with Crippen LogP contribution in [0, 0.1) is 0 Å². The molecule has 0 bridgehead atoms. The van der Waals surface area contributed by atoms with Gasteiger partial charge >= 0.3 is 0 Å². The largest absolute Gasteiger partial charge is 0.389 e. The fourth-order valence-corrected chi connectivity index (χ4v) is 3.40. The molecule has 0 fully saturated rings. The van der Waals surface area contributed by atoms with E-state index in [0.717, 1.165) is 0 Å². The van der Waals surface area contributed by atoms with Gasteiger partial charge in [0.1, 0.15) is 4.99 Å². The average molecular weight is 330 g/mol. The summed E-state index contributed by atoms with van der Waals surface area (Å²) in [5, 5.41) is 0. The molecule has 0 unspecified atom stereocenters. The highest BCUT2D eigenvalue weighted by Crippen LogP contribution is 2.13. The second-order valence-corrected chi connectivity index (χ2v) is 7.54. The predicted molar refractivity (Wildman–Crippen MR) is 88.7 cm³/mol. The lowest BCUT2D eigenvalue weighted by Gasteiger charge is -2.24. The molecule has 3 N–H and O–H groups in total. The second-order valence-electron chi connectivity index (χ2n) is 5.29. The van der Waals surface area contributed by atoms with E-state index >= 15 is 0 Å². The molecule has 0 aliphatic rings. The molecule has 0 spiro atoms. The van der Waals surface area contributed by atoms with E-state index < -0.39 is 15.6 Å². The summed E-state index contributed by atoms with van der Waals surface area (Å²) < 4.78 is 32.4. The third-order valence-electron chi connectivity index (χ3n) is 2.88. The fraction of sp³-hybridized carbons (Fsp3) is 0.500. The Kier molecular flexibility index (Phi) is 6.27. The third-order valence-corrected chi connectivity index (χ3v) is 4.38. The van der Waals surface area contributed by atoms with Crippen LogP contribution in [0.3, 0.4) is 0 Å². The number of nitrogens with one attached hydrogen (secondary N) is 1. The van der Waals surface area contributed by atoms with Crippen LogP contribution >= 0.6 is 12.2 Å². The zero-order chi connectivity index (χ0) is 16.1. The Morgan fingerprint density at radius 2 is 2.00 bits per heavy atom. The number of benzene rings is 1. The number of hydrogen-bond acceptors (Lipinski definition) is 4. The smallest absolute Gasteiger partial charge is 0.215 e. The summed E-state index contributed by atoms with van der Waals surface area (Å²) in [6.07, 6.45) is 0. The van der Waals surface area contributed by atoms with E-state index in [1.165, 1.54) is 0 Å². The summed E-state index contributed by atoms with van der Waals surface area (Å²) in [6.45, 7) is 6.27. The van der Waals surface area contributed by atoms with Gasteiger partial charge in [0.15, 0.2) is 0 Å². The van der Waals surface area contributed by atoms with Gasteiger partial charge in [-0.1, -0.05) is 36.5 Å². The van der Waals surface area contributed by atoms with Gasteiger partial charge in [0, 0.05) is 18.7 Å². The topological polar surface area (TPSA) is 81.4 Å². The van der Waals surface area contributed by atoms with Crippen LogP contribution in [-0.4, -0.2) is 32.2 Å². The van der Waals surface area contributed by atoms with E-state index in [2.05, 4.69) is 4.72 Å². The van der Waals surface area contributed by atoms with E-state index in [4.69, 9.17) is 22.7 Å². The van der Waals surface area contributed by atoms with E-state index in [-0.39, 0.29) is 17.3 Å². The Balaban J connectivity index is 2.80. The maximum absolute atomic E-state index is 12.2. The number of nitrogens with two attached hydrogens (primary N) is 1. The molecular formula is C14H22N2O3S2. The standard InChI is InChI=1S/C14H22N2O3S2/c1-4-19-14(2,3)10-16-21(17,18)9-11-7-5-6-8-12(11)13(15)20/h5-8,16H,4,9-10H2,1-3H3,(H2,15,20). The van der Waals surface area contributed by atoms with Crippen LogP contribution in [0.4, 0.5) is 0 Å². The van der Waals surface area contributed by atoms with Gasteiger partial charge in [0.25, 0.3) is 0 Å². The second kappa shape index (κ2) is 7.31. The number of ether oxygens (including phenoxy) is 1. The Hall–Kier alpha value is -1.02. The van der Waals surface area contributed by atoms with Gasteiger partial charge in [-0.15, -0.1) is 0 Å². The first-order valence-electron chi connectivity index (χ1n) is 6.66. The van der Waals surface area contributed by atoms with Gasteiger partial charge in [0.05, 0.1) is 11.4 Å². The van der Waals surface area contributed by atoms with Crippen molar-refractivity contribution in [1.82, 2.24) is 4.72 Å². The zero-order valence-electron chi connectivity index (χ0n) is 12.5. The molecule has 0 radical (unpaired) electrons. The molecule has 7 heteroatoms. The molecule has 1 aromatic carbocycles. The molecule has 118 valence electrons. The number of rotatable bonds is 8. The van der Waals surface area contributed by atoms with E-state index in [1.54, 1.807) is 24.3 Å². The molecule has 0 aliphatic heterocycles. The molecule has 1 aromatic rings. The quantitative estimate of drug-likeness (QED) is 0.707. The molecule has 0 atom stereocenters. The molecule has 0 aliphatic carbocycles. The molecule has 0 saturated heterocycles. The van der Waals surface area contributed by atoms with Crippen molar-refractivity contribution < 1.29 is 13.2 Å². The normalized spacial score (nSPS) is 12.3. The van der Waals surface area contributed by atoms with Crippen molar-refractivity contribution in [2.24, 2.45) is 5.73 Å². The minimum atomic E-state index is -3.49. The van der Waals surface area contributed by atoms with Crippen LogP contribution in [0.15, 0.2) is 24.3 Å². The molecule has 21 heavy (non-hydrogen) atoms. The molecule has 0 heterocycles. The van der Waals surface area contributed by atoms with Gasteiger partial charge in [-0.3, -0.25) is 0 Å². The molecule has 0 amide bonds. The van der Waals surface area contributed by atoms with Crippen molar-refractivity contribution >= 4 is 27.2 Å². The Bertz CT molecular complexity index is 598. The Morgan fingerprint density at radius 1 is 1.38 bits per heavy atom. The van der Waals surface area contributed by atoms with Crippen molar-refractivity contribution in [3.8, 4) is 0 Å². The monoisotopic (exact) mass is 330 g/mol. The molecular weight excluding hydrogens is 308 g/mol. The zero-order valence-corrected chi connectivity index (χ0v) is 14.2. The minimum Gasteiger partial charge on any atom is -0.389 e. The fourth-order valence-electron chi connectivity index (χ4n) is 1.87. The van der Waals surface area contributed by atoms with E-state index in [9.17, 15) is 8.42 Å². The van der Waals surface area contributed by atoms with Crippen LogP contribution in [0.2, 0.25) is 0 Å². The number of thiocarbonyl (C=S) groups is 1. The van der Waals surface area contributed by atoms with Gasteiger partial charge in [-0.05, 0) is 26.3 Å². The van der Waals surface area contributed by atoms with Crippen molar-refractivity contribution in [2.45, 2.75) is 32.1 Å². The van der Waals surface area contributed by atoms with Crippen molar-refractivity contribution in [2.75, 3.05) is 13.2 Å². The van der Waals surface area contributed by atoms with Crippen LogP contribution in [0.25, 0.3) is 0 Å². The highest BCUT2D eigenvalue weighted by Gasteiger charge is 2.22. The van der Waals surface area contributed by atoms with Crippen LogP contribution < -0.4 is 10.5 Å². The maximum Gasteiger partial charge on any atom is 0.215 e. The van der Waals surface area contributed by atoms with Gasteiger partial charge in [0.2, 0.25) is 10.0 Å². The first kappa shape index (κ1) is 18.0. The summed E-state index contributed by atoms with van der Waals surface area (Å²) in [5.74, 6) is -0.164. The third kappa shape index (κ3) is 6.09. The molecule has 0 saturated carbocycles. The summed E-state index contributed by atoms with van der Waals surface area (Å²) in [7, 11) is -3.49. The van der Waals surface area contributed by atoms with E-state index in [1.807, 2.05) is 20.8 Å². The highest BCUT2D eigenvalue weighted by atomic mass is 32.2. The Morgan fingerprint density at radius 3 is 2.57 bits per heavy atom. The predicted octanol–water partition coefficient (Wildman–Crippen LogP) is 1.56. The summed E-state index contributed by atoms with van der Waals surface area (Å²) in [5.41, 5.74) is 6.24. The summed E-state index contributed by atoms with van der Waals surface area (Å²) in [6, 6.07) is 6.96. The molecule has 1 rings (SSSR count). The average Bonchev–Trinajstić information content (AvgIpc) is 2.37. The van der Waals surface area contributed by atoms with Crippen molar-refractivity contribution in [3.05, 3.63) is 35.4 Å². The lowest BCUT2D eigenvalue weighted by molar-refractivity contribution is -0.00515. The van der Waals surface area contributed by atoms with Crippen LogP contribution in [-0.2, 0) is 20.5 Å². The number of sulfonamides is 1. The first-order valence-corrected chi connectivity index (χ1v) is 8.72. The Labute approximate surface area is 131 Å². The molecule has 5 nitrogen and oxygen atoms in total. The van der Waals surface area contributed by atoms with Gasteiger partial charge < -0.3 is 10.5 Å². The van der Waals surface area contributed by atoms with Gasteiger partial charge in [-0.2, -0.15) is 0 Å². The lowest BCUT2D eigenvalue weighted by Crippen LogP contribution is -2.41. The maximum atomic E-state index is 12.2.